The molecule has 1 unspecified atom stereocenters. The first-order chi connectivity index (χ1) is 9.04. The van der Waals surface area contributed by atoms with Gasteiger partial charge in [-0.2, -0.15) is 0 Å². The van der Waals surface area contributed by atoms with E-state index in [4.69, 9.17) is 10.5 Å². The first-order valence-corrected chi connectivity index (χ1v) is 7.12. The van der Waals surface area contributed by atoms with E-state index in [1.807, 2.05) is 38.1 Å². The third-order valence-corrected chi connectivity index (χ3v) is 3.33. The van der Waals surface area contributed by atoms with E-state index in [2.05, 4.69) is 34.1 Å². The molecule has 0 bridgehead atoms. The highest BCUT2D eigenvalue weighted by Crippen LogP contribution is 2.28. The van der Waals surface area contributed by atoms with Crippen LogP contribution in [0.2, 0.25) is 0 Å². The van der Waals surface area contributed by atoms with Crippen LogP contribution in [0.5, 0.6) is 11.5 Å². The number of nitrogens with two attached hydrogens (primary N) is 1. The van der Waals surface area contributed by atoms with Crippen LogP contribution in [0.1, 0.15) is 18.1 Å². The fraction of sp³-hybridized carbons (Fsp3) is 0.250. The van der Waals surface area contributed by atoms with Crippen molar-refractivity contribution in [3.05, 3.63) is 58.1 Å². The molecule has 0 amide bonds. The van der Waals surface area contributed by atoms with Gasteiger partial charge in [0.25, 0.3) is 0 Å². The van der Waals surface area contributed by atoms with Crippen molar-refractivity contribution in [3.63, 3.8) is 0 Å². The van der Waals surface area contributed by atoms with Crippen molar-refractivity contribution in [2.24, 2.45) is 5.73 Å². The maximum Gasteiger partial charge on any atom is 0.130 e. The van der Waals surface area contributed by atoms with Gasteiger partial charge in [-0.15, -0.1) is 0 Å². The zero-order valence-corrected chi connectivity index (χ0v) is 12.8. The molecule has 0 fully saturated rings. The van der Waals surface area contributed by atoms with Gasteiger partial charge in [-0.1, -0.05) is 34.1 Å². The maximum atomic E-state index is 5.94. The molecule has 2 aromatic rings. The number of benzene rings is 2. The quantitative estimate of drug-likeness (QED) is 0.904. The fourth-order valence-electron chi connectivity index (χ4n) is 1.91. The molecule has 1 atom stereocenters. The first kappa shape index (κ1) is 14.1. The summed E-state index contributed by atoms with van der Waals surface area (Å²) in [5.74, 6) is 1.71. The fourth-order valence-corrected chi connectivity index (χ4v) is 2.29. The molecule has 0 aliphatic carbocycles. The van der Waals surface area contributed by atoms with Gasteiger partial charge in [0, 0.05) is 10.5 Å². The van der Waals surface area contributed by atoms with Gasteiger partial charge in [-0.3, -0.25) is 0 Å². The standard InChI is InChI=1S/C16H18BrNO/c1-11-6-7-13(8-12(2)18)9-16(11)19-15-5-3-4-14(17)10-15/h3-7,9-10,12H,8,18H2,1-2H3. The van der Waals surface area contributed by atoms with E-state index in [0.29, 0.717) is 0 Å². The van der Waals surface area contributed by atoms with Crippen LogP contribution in [0.4, 0.5) is 0 Å². The molecule has 0 aromatic heterocycles. The van der Waals surface area contributed by atoms with Crippen molar-refractivity contribution in [2.45, 2.75) is 26.3 Å². The molecule has 100 valence electrons. The summed E-state index contributed by atoms with van der Waals surface area (Å²) in [5.41, 5.74) is 8.16. The third-order valence-electron chi connectivity index (χ3n) is 2.83. The zero-order valence-electron chi connectivity index (χ0n) is 11.2. The Morgan fingerprint density at radius 2 is 2.00 bits per heavy atom. The number of ether oxygens (including phenoxy) is 1. The highest BCUT2D eigenvalue weighted by molar-refractivity contribution is 9.10. The summed E-state index contributed by atoms with van der Waals surface area (Å²) < 4.78 is 6.95. The SMILES string of the molecule is Cc1ccc(CC(C)N)cc1Oc1cccc(Br)c1. The number of rotatable bonds is 4. The Bertz CT molecular complexity index is 566. The summed E-state index contributed by atoms with van der Waals surface area (Å²) >= 11 is 3.44. The molecule has 0 saturated heterocycles. The molecule has 3 heteroatoms. The second-order valence-electron chi connectivity index (χ2n) is 4.84. The molecule has 19 heavy (non-hydrogen) atoms. The van der Waals surface area contributed by atoms with Crippen LogP contribution in [-0.4, -0.2) is 6.04 Å². The number of hydrogen-bond acceptors (Lipinski definition) is 2. The van der Waals surface area contributed by atoms with Gasteiger partial charge in [0.05, 0.1) is 0 Å². The van der Waals surface area contributed by atoms with Crippen LogP contribution in [-0.2, 0) is 6.42 Å². The number of hydrogen-bond donors (Lipinski definition) is 1. The minimum Gasteiger partial charge on any atom is -0.457 e. The van der Waals surface area contributed by atoms with Gasteiger partial charge >= 0.3 is 0 Å². The third kappa shape index (κ3) is 4.08. The van der Waals surface area contributed by atoms with Crippen LogP contribution < -0.4 is 10.5 Å². The van der Waals surface area contributed by atoms with Crippen molar-refractivity contribution >= 4 is 15.9 Å². The molecule has 0 aliphatic rings. The average Bonchev–Trinajstić information content (AvgIpc) is 2.33. The van der Waals surface area contributed by atoms with Crippen molar-refractivity contribution < 1.29 is 4.74 Å². The van der Waals surface area contributed by atoms with Crippen molar-refractivity contribution in [1.82, 2.24) is 0 Å². The molecule has 0 saturated carbocycles. The molecule has 0 heterocycles. The van der Waals surface area contributed by atoms with Crippen LogP contribution in [0, 0.1) is 6.92 Å². The van der Waals surface area contributed by atoms with E-state index in [1.165, 1.54) is 5.56 Å². The summed E-state index contributed by atoms with van der Waals surface area (Å²) in [6.07, 6.45) is 0.856. The molecule has 0 aliphatic heterocycles. The van der Waals surface area contributed by atoms with Gasteiger partial charge in [0.15, 0.2) is 0 Å². The van der Waals surface area contributed by atoms with Gasteiger partial charge in [-0.05, 0) is 55.7 Å². The Morgan fingerprint density at radius 1 is 1.21 bits per heavy atom. The van der Waals surface area contributed by atoms with E-state index in [1.54, 1.807) is 0 Å². The summed E-state index contributed by atoms with van der Waals surface area (Å²) in [7, 11) is 0. The summed E-state index contributed by atoms with van der Waals surface area (Å²) in [5, 5.41) is 0. The van der Waals surface area contributed by atoms with E-state index >= 15 is 0 Å². The number of halogens is 1. The Balaban J connectivity index is 2.23. The van der Waals surface area contributed by atoms with Gasteiger partial charge < -0.3 is 10.5 Å². The Kier molecular flexibility index (Phi) is 4.61. The van der Waals surface area contributed by atoms with Crippen LogP contribution in [0.3, 0.4) is 0 Å². The molecular formula is C16H18BrNO. The van der Waals surface area contributed by atoms with E-state index in [0.717, 1.165) is 28.0 Å². The first-order valence-electron chi connectivity index (χ1n) is 6.33. The lowest BCUT2D eigenvalue weighted by Gasteiger charge is -2.12. The smallest absolute Gasteiger partial charge is 0.130 e. The molecular weight excluding hydrogens is 302 g/mol. The molecule has 2 aromatic carbocycles. The van der Waals surface area contributed by atoms with Crippen molar-refractivity contribution in [2.75, 3.05) is 0 Å². The van der Waals surface area contributed by atoms with Crippen molar-refractivity contribution in [1.29, 1.82) is 0 Å². The lowest BCUT2D eigenvalue weighted by atomic mass is 10.1. The average molecular weight is 320 g/mol. The largest absolute Gasteiger partial charge is 0.457 e. The van der Waals surface area contributed by atoms with E-state index in [-0.39, 0.29) is 6.04 Å². The second kappa shape index (κ2) is 6.22. The Hall–Kier alpha value is -1.32. The molecule has 2 nitrogen and oxygen atoms in total. The molecule has 0 spiro atoms. The highest BCUT2D eigenvalue weighted by Gasteiger charge is 2.05. The second-order valence-corrected chi connectivity index (χ2v) is 5.76. The van der Waals surface area contributed by atoms with Crippen molar-refractivity contribution in [3.8, 4) is 11.5 Å². The predicted molar refractivity (Wildman–Crippen MR) is 82.7 cm³/mol. The minimum atomic E-state index is 0.154. The van der Waals surface area contributed by atoms with Crippen LogP contribution in [0.25, 0.3) is 0 Å². The van der Waals surface area contributed by atoms with Crippen LogP contribution >= 0.6 is 15.9 Å². The molecule has 2 N–H and O–H groups in total. The zero-order chi connectivity index (χ0) is 13.8. The van der Waals surface area contributed by atoms with Gasteiger partial charge in [-0.25, -0.2) is 0 Å². The van der Waals surface area contributed by atoms with E-state index in [9.17, 15) is 0 Å². The lowest BCUT2D eigenvalue weighted by Crippen LogP contribution is -2.17. The molecule has 2 rings (SSSR count). The minimum absolute atomic E-state index is 0.154. The van der Waals surface area contributed by atoms with Crippen LogP contribution in [0.15, 0.2) is 46.9 Å². The normalized spacial score (nSPS) is 12.2. The predicted octanol–water partition coefficient (Wildman–Crippen LogP) is 4.44. The Morgan fingerprint density at radius 3 is 2.68 bits per heavy atom. The van der Waals surface area contributed by atoms with Gasteiger partial charge in [0.2, 0.25) is 0 Å². The lowest BCUT2D eigenvalue weighted by molar-refractivity contribution is 0.477. The summed E-state index contributed by atoms with van der Waals surface area (Å²) in [6, 6.07) is 14.2. The summed E-state index contributed by atoms with van der Waals surface area (Å²) in [6.45, 7) is 4.05. The topological polar surface area (TPSA) is 35.2 Å². The van der Waals surface area contributed by atoms with E-state index < -0.39 is 0 Å². The summed E-state index contributed by atoms with van der Waals surface area (Å²) in [4.78, 5) is 0. The monoisotopic (exact) mass is 319 g/mol. The van der Waals surface area contributed by atoms with Gasteiger partial charge in [0.1, 0.15) is 11.5 Å². The maximum absolute atomic E-state index is 5.94. The Labute approximate surface area is 122 Å². The number of aryl methyl sites for hydroxylation is 1. The molecule has 0 radical (unpaired) electrons. The highest BCUT2D eigenvalue weighted by atomic mass is 79.9.